The second-order valence-corrected chi connectivity index (χ2v) is 4.96. The van der Waals surface area contributed by atoms with Crippen molar-refractivity contribution < 1.29 is 0 Å². The molecule has 0 nitrogen and oxygen atoms in total. The maximum absolute atomic E-state index is 2.31. The highest BCUT2D eigenvalue weighted by Gasteiger charge is 2.04. The van der Waals surface area contributed by atoms with Crippen LogP contribution in [0.2, 0.25) is 0 Å². The Kier molecular flexibility index (Phi) is 6.02. The highest BCUT2D eigenvalue weighted by Crippen LogP contribution is 2.27. The van der Waals surface area contributed by atoms with Crippen LogP contribution in [0.25, 0.3) is 16.7 Å². The number of allylic oxidation sites excluding steroid dienone is 4. The molecule has 2 aromatic carbocycles. The monoisotopic (exact) mass is 276 g/mol. The van der Waals surface area contributed by atoms with E-state index in [1.807, 2.05) is 13.8 Å². The van der Waals surface area contributed by atoms with Crippen molar-refractivity contribution in [2.45, 2.75) is 33.1 Å². The van der Waals surface area contributed by atoms with Gasteiger partial charge in [0.25, 0.3) is 0 Å². The Morgan fingerprint density at radius 2 is 1.48 bits per heavy atom. The van der Waals surface area contributed by atoms with Gasteiger partial charge < -0.3 is 0 Å². The fourth-order valence-corrected chi connectivity index (χ4v) is 2.54. The van der Waals surface area contributed by atoms with Gasteiger partial charge >= 0.3 is 0 Å². The molecular weight excluding hydrogens is 252 g/mol. The normalized spacial score (nSPS) is 13.7. The molecule has 0 unspecified atom stereocenters. The molecule has 0 atom stereocenters. The van der Waals surface area contributed by atoms with E-state index in [1.165, 1.54) is 41.5 Å². The maximum Gasteiger partial charge on any atom is -0.0178 e. The molecule has 0 heteroatoms. The molecule has 0 aliphatic heterocycles. The Balaban J connectivity index is 0.000000774. The van der Waals surface area contributed by atoms with E-state index in [-0.39, 0.29) is 0 Å². The van der Waals surface area contributed by atoms with Crippen LogP contribution in [0.1, 0.15) is 38.7 Å². The largest absolute Gasteiger partial charge is 0.0845 e. The van der Waals surface area contributed by atoms with Crippen LogP contribution in [-0.4, -0.2) is 0 Å². The number of hydrogen-bond acceptors (Lipinski definition) is 0. The highest BCUT2D eigenvalue weighted by molar-refractivity contribution is 5.73. The summed E-state index contributed by atoms with van der Waals surface area (Å²) >= 11 is 0. The van der Waals surface area contributed by atoms with E-state index in [0.29, 0.717) is 0 Å². The van der Waals surface area contributed by atoms with Gasteiger partial charge in [0.1, 0.15) is 0 Å². The molecule has 108 valence electrons. The van der Waals surface area contributed by atoms with Crippen molar-refractivity contribution in [1.82, 2.24) is 0 Å². The molecule has 0 N–H and O–H groups in total. The molecule has 3 rings (SSSR count). The SMILES string of the molecule is C1=CCCCC(c2cccc(-c3ccccc3)c2)=C1.CC. The molecule has 0 bridgehead atoms. The van der Waals surface area contributed by atoms with Crippen LogP contribution in [0.4, 0.5) is 0 Å². The molecule has 0 heterocycles. The summed E-state index contributed by atoms with van der Waals surface area (Å²) in [6.07, 6.45) is 10.3. The lowest BCUT2D eigenvalue weighted by molar-refractivity contribution is 0.886. The van der Waals surface area contributed by atoms with Gasteiger partial charge in [-0.1, -0.05) is 80.6 Å². The van der Waals surface area contributed by atoms with Gasteiger partial charge in [-0.2, -0.15) is 0 Å². The molecule has 0 amide bonds. The summed E-state index contributed by atoms with van der Waals surface area (Å²) in [6.45, 7) is 4.00. The number of hydrogen-bond donors (Lipinski definition) is 0. The second kappa shape index (κ2) is 8.26. The van der Waals surface area contributed by atoms with Crippen molar-refractivity contribution in [3.63, 3.8) is 0 Å². The molecule has 21 heavy (non-hydrogen) atoms. The predicted molar refractivity (Wildman–Crippen MR) is 94.2 cm³/mol. The first kappa shape index (κ1) is 15.3. The third-order valence-corrected chi connectivity index (χ3v) is 3.59. The third-order valence-electron chi connectivity index (χ3n) is 3.59. The molecular formula is C21H24. The lowest BCUT2D eigenvalue weighted by Crippen LogP contribution is -1.86. The Morgan fingerprint density at radius 1 is 0.762 bits per heavy atom. The van der Waals surface area contributed by atoms with Gasteiger partial charge in [0.15, 0.2) is 0 Å². The molecule has 1 aliphatic carbocycles. The number of rotatable bonds is 2. The van der Waals surface area contributed by atoms with Crippen molar-refractivity contribution in [3.8, 4) is 11.1 Å². The van der Waals surface area contributed by atoms with E-state index in [0.717, 1.165) is 0 Å². The van der Waals surface area contributed by atoms with Crippen molar-refractivity contribution in [1.29, 1.82) is 0 Å². The summed E-state index contributed by atoms with van der Waals surface area (Å²) in [5.74, 6) is 0. The van der Waals surface area contributed by atoms with E-state index in [1.54, 1.807) is 0 Å². The molecule has 0 radical (unpaired) electrons. The van der Waals surface area contributed by atoms with Crippen LogP contribution in [0, 0.1) is 0 Å². The van der Waals surface area contributed by atoms with Crippen LogP contribution in [0.15, 0.2) is 72.8 Å². The highest BCUT2D eigenvalue weighted by atomic mass is 14.1. The maximum atomic E-state index is 2.31. The Morgan fingerprint density at radius 3 is 2.29 bits per heavy atom. The van der Waals surface area contributed by atoms with E-state index >= 15 is 0 Å². The minimum Gasteiger partial charge on any atom is -0.0845 e. The zero-order valence-electron chi connectivity index (χ0n) is 13.0. The van der Waals surface area contributed by atoms with Gasteiger partial charge in [-0.25, -0.2) is 0 Å². The smallest absolute Gasteiger partial charge is 0.0178 e. The summed E-state index contributed by atoms with van der Waals surface area (Å²) < 4.78 is 0. The van der Waals surface area contributed by atoms with E-state index < -0.39 is 0 Å². The first-order valence-electron chi connectivity index (χ1n) is 7.95. The second-order valence-electron chi connectivity index (χ2n) is 4.96. The molecule has 2 aromatic rings. The number of benzene rings is 2. The van der Waals surface area contributed by atoms with Gasteiger partial charge in [0.2, 0.25) is 0 Å². The fraction of sp³-hybridized carbons (Fsp3) is 0.238. The van der Waals surface area contributed by atoms with E-state index in [2.05, 4.69) is 72.8 Å². The molecule has 0 fully saturated rings. The van der Waals surface area contributed by atoms with Crippen LogP contribution in [0.3, 0.4) is 0 Å². The molecule has 0 saturated heterocycles. The summed E-state index contributed by atoms with van der Waals surface area (Å²) in [4.78, 5) is 0. The average Bonchev–Trinajstić information content (AvgIpc) is 2.87. The first-order valence-corrected chi connectivity index (χ1v) is 7.95. The molecule has 0 aromatic heterocycles. The molecule has 0 saturated carbocycles. The Bertz CT molecular complexity index is 603. The van der Waals surface area contributed by atoms with Crippen LogP contribution >= 0.6 is 0 Å². The summed E-state index contributed by atoms with van der Waals surface area (Å²) in [6, 6.07) is 19.5. The van der Waals surface area contributed by atoms with Crippen molar-refractivity contribution in [2.75, 3.05) is 0 Å². The Labute approximate surface area is 128 Å². The third kappa shape index (κ3) is 4.19. The van der Waals surface area contributed by atoms with Crippen molar-refractivity contribution in [2.24, 2.45) is 0 Å². The fourth-order valence-electron chi connectivity index (χ4n) is 2.54. The van der Waals surface area contributed by atoms with E-state index in [4.69, 9.17) is 0 Å². The minimum atomic E-state index is 1.17. The average molecular weight is 276 g/mol. The topological polar surface area (TPSA) is 0 Å². The zero-order valence-corrected chi connectivity index (χ0v) is 13.0. The van der Waals surface area contributed by atoms with Gasteiger partial charge in [-0.3, -0.25) is 0 Å². The van der Waals surface area contributed by atoms with Crippen LogP contribution in [-0.2, 0) is 0 Å². The lowest BCUT2D eigenvalue weighted by Gasteiger charge is -2.08. The summed E-state index contributed by atoms with van der Waals surface area (Å²) in [5, 5.41) is 0. The van der Waals surface area contributed by atoms with Gasteiger partial charge in [0.05, 0.1) is 0 Å². The standard InChI is InChI=1S/C19H18.C2H6/c1-2-5-10-16(9-4-1)18-13-8-14-19(15-18)17-11-6-3-7-12-17;1-2/h1,3-4,6-9,11-15H,2,5,10H2;1-2H3. The molecule has 1 aliphatic rings. The zero-order chi connectivity index (χ0) is 14.9. The Hall–Kier alpha value is -2.08. The van der Waals surface area contributed by atoms with Gasteiger partial charge in [-0.15, -0.1) is 0 Å². The quantitative estimate of drug-likeness (QED) is 0.587. The molecule has 0 spiro atoms. The van der Waals surface area contributed by atoms with E-state index in [9.17, 15) is 0 Å². The van der Waals surface area contributed by atoms with Gasteiger partial charge in [0, 0.05) is 0 Å². The first-order chi connectivity index (χ1) is 10.4. The van der Waals surface area contributed by atoms with Crippen molar-refractivity contribution in [3.05, 3.63) is 78.4 Å². The predicted octanol–water partition coefficient (Wildman–Crippen LogP) is 6.50. The van der Waals surface area contributed by atoms with Crippen LogP contribution < -0.4 is 0 Å². The van der Waals surface area contributed by atoms with Crippen LogP contribution in [0.5, 0.6) is 0 Å². The van der Waals surface area contributed by atoms with Crippen molar-refractivity contribution >= 4 is 5.57 Å². The minimum absolute atomic E-state index is 1.17. The lowest BCUT2D eigenvalue weighted by atomic mass is 9.96. The summed E-state index contributed by atoms with van der Waals surface area (Å²) in [7, 11) is 0. The summed E-state index contributed by atoms with van der Waals surface area (Å²) in [5.41, 5.74) is 5.39. The van der Waals surface area contributed by atoms with Gasteiger partial charge in [-0.05, 0) is 47.6 Å².